The van der Waals surface area contributed by atoms with Gasteiger partial charge < -0.3 is 5.73 Å². The van der Waals surface area contributed by atoms with E-state index < -0.39 is 0 Å². The van der Waals surface area contributed by atoms with Crippen molar-refractivity contribution in [3.63, 3.8) is 0 Å². The second kappa shape index (κ2) is 2.37. The zero-order chi connectivity index (χ0) is 10.8. The summed E-state index contributed by atoms with van der Waals surface area (Å²) in [5, 5.41) is 0. The molecular weight excluding hydrogens is 184 g/mol. The van der Waals surface area contributed by atoms with Crippen molar-refractivity contribution < 1.29 is 0 Å². The van der Waals surface area contributed by atoms with Gasteiger partial charge in [0.05, 0.1) is 5.69 Å². The topological polar surface area (TPSA) is 38.9 Å². The molecule has 0 saturated heterocycles. The first-order chi connectivity index (χ1) is 6.97. The molecule has 80 valence electrons. The minimum Gasteiger partial charge on any atom is -0.384 e. The molecule has 2 nitrogen and oxygen atoms in total. The van der Waals surface area contributed by atoms with Crippen LogP contribution in [0.1, 0.15) is 50.8 Å². The van der Waals surface area contributed by atoms with Crippen LogP contribution in [0.2, 0.25) is 0 Å². The molecule has 2 aliphatic carbocycles. The Morgan fingerprint density at radius 1 is 1.33 bits per heavy atom. The van der Waals surface area contributed by atoms with E-state index in [9.17, 15) is 0 Å². The SMILES string of the molecule is CC12CCC(c3ccc(N)nc31)C2(C)C. The largest absolute Gasteiger partial charge is 0.384 e. The minimum atomic E-state index is 0.238. The van der Waals surface area contributed by atoms with Crippen LogP contribution in [-0.4, -0.2) is 4.98 Å². The van der Waals surface area contributed by atoms with E-state index in [1.54, 1.807) is 0 Å². The average Bonchev–Trinajstić information content (AvgIpc) is 2.48. The summed E-state index contributed by atoms with van der Waals surface area (Å²) in [6.07, 6.45) is 2.57. The highest BCUT2D eigenvalue weighted by molar-refractivity contribution is 5.48. The number of aromatic nitrogens is 1. The predicted octanol–water partition coefficient (Wildman–Crippen LogP) is 2.84. The molecule has 0 amide bonds. The average molecular weight is 202 g/mol. The number of rotatable bonds is 0. The highest BCUT2D eigenvalue weighted by Gasteiger charge is 2.60. The van der Waals surface area contributed by atoms with Gasteiger partial charge >= 0.3 is 0 Å². The van der Waals surface area contributed by atoms with E-state index >= 15 is 0 Å². The number of hydrogen-bond donors (Lipinski definition) is 1. The predicted molar refractivity (Wildman–Crippen MR) is 61.8 cm³/mol. The Balaban J connectivity index is 2.29. The number of nitrogen functional groups attached to an aromatic ring is 1. The maximum atomic E-state index is 5.80. The summed E-state index contributed by atoms with van der Waals surface area (Å²) >= 11 is 0. The smallest absolute Gasteiger partial charge is 0.123 e. The highest BCUT2D eigenvalue weighted by atomic mass is 14.9. The van der Waals surface area contributed by atoms with Crippen molar-refractivity contribution >= 4 is 5.82 Å². The van der Waals surface area contributed by atoms with Crippen LogP contribution in [0.5, 0.6) is 0 Å². The monoisotopic (exact) mass is 202 g/mol. The summed E-state index contributed by atoms with van der Waals surface area (Å²) < 4.78 is 0. The van der Waals surface area contributed by atoms with Crippen LogP contribution >= 0.6 is 0 Å². The molecular formula is C13H18N2. The van der Waals surface area contributed by atoms with Crippen LogP contribution in [0, 0.1) is 5.41 Å². The Morgan fingerprint density at radius 3 is 2.80 bits per heavy atom. The molecule has 0 aromatic carbocycles. The summed E-state index contributed by atoms with van der Waals surface area (Å²) in [6.45, 7) is 7.11. The van der Waals surface area contributed by atoms with E-state index in [1.807, 2.05) is 6.07 Å². The molecule has 0 spiro atoms. The molecule has 1 aromatic rings. The third kappa shape index (κ3) is 0.842. The van der Waals surface area contributed by atoms with Gasteiger partial charge in [-0.25, -0.2) is 4.98 Å². The Bertz CT molecular complexity index is 436. The molecule has 2 atom stereocenters. The third-order valence-corrected chi connectivity index (χ3v) is 5.07. The Morgan fingerprint density at radius 2 is 2.07 bits per heavy atom. The molecule has 1 aromatic heterocycles. The van der Waals surface area contributed by atoms with Gasteiger partial charge in [-0.15, -0.1) is 0 Å². The summed E-state index contributed by atoms with van der Waals surface area (Å²) in [7, 11) is 0. The fraction of sp³-hybridized carbons (Fsp3) is 0.615. The molecule has 0 radical (unpaired) electrons. The number of anilines is 1. The van der Waals surface area contributed by atoms with Gasteiger partial charge in [0.1, 0.15) is 5.82 Å². The van der Waals surface area contributed by atoms with Gasteiger partial charge in [-0.1, -0.05) is 26.8 Å². The lowest BCUT2D eigenvalue weighted by atomic mass is 9.70. The second-order valence-corrected chi connectivity index (χ2v) is 5.82. The molecule has 2 heteroatoms. The molecule has 1 saturated carbocycles. The lowest BCUT2D eigenvalue weighted by Crippen LogP contribution is -2.32. The van der Waals surface area contributed by atoms with Gasteiger partial charge in [0.15, 0.2) is 0 Å². The summed E-state index contributed by atoms with van der Waals surface area (Å²) in [5.74, 6) is 1.35. The molecule has 2 unspecified atom stereocenters. The molecule has 2 aliphatic rings. The molecule has 3 rings (SSSR count). The standard InChI is InChI=1S/C13H18N2/c1-12(2)9-6-7-13(12,3)11-8(9)4-5-10(14)15-11/h4-5,9H,6-7H2,1-3H3,(H2,14,15). The number of nitrogens with zero attached hydrogens (tertiary/aromatic N) is 1. The van der Waals surface area contributed by atoms with E-state index in [-0.39, 0.29) is 5.41 Å². The van der Waals surface area contributed by atoms with Crippen LogP contribution in [0.3, 0.4) is 0 Å². The number of hydrogen-bond acceptors (Lipinski definition) is 2. The van der Waals surface area contributed by atoms with Gasteiger partial charge in [0, 0.05) is 5.41 Å². The normalized spacial score (nSPS) is 35.5. The number of pyridine rings is 1. The fourth-order valence-electron chi connectivity index (χ4n) is 3.68. The zero-order valence-corrected chi connectivity index (χ0v) is 9.67. The summed E-state index contributed by atoms with van der Waals surface area (Å²) in [5.41, 5.74) is 9.10. The van der Waals surface area contributed by atoms with E-state index in [4.69, 9.17) is 5.73 Å². The molecule has 0 aliphatic heterocycles. The van der Waals surface area contributed by atoms with Crippen LogP contribution in [-0.2, 0) is 5.41 Å². The number of nitrogens with two attached hydrogens (primary N) is 1. The molecule has 1 heterocycles. The van der Waals surface area contributed by atoms with E-state index in [0.717, 1.165) is 0 Å². The van der Waals surface area contributed by atoms with E-state index in [0.29, 0.717) is 17.2 Å². The first-order valence-electron chi connectivity index (χ1n) is 5.74. The van der Waals surface area contributed by atoms with Crippen molar-refractivity contribution in [2.75, 3.05) is 5.73 Å². The van der Waals surface area contributed by atoms with Gasteiger partial charge in [0.2, 0.25) is 0 Å². The Kier molecular flexibility index (Phi) is 1.45. The van der Waals surface area contributed by atoms with Crippen molar-refractivity contribution in [2.45, 2.75) is 44.9 Å². The van der Waals surface area contributed by atoms with Crippen molar-refractivity contribution in [1.82, 2.24) is 4.98 Å². The van der Waals surface area contributed by atoms with Gasteiger partial charge in [-0.2, -0.15) is 0 Å². The van der Waals surface area contributed by atoms with Crippen LogP contribution in [0.15, 0.2) is 12.1 Å². The van der Waals surface area contributed by atoms with Gasteiger partial charge in [0.25, 0.3) is 0 Å². The third-order valence-electron chi connectivity index (χ3n) is 5.07. The van der Waals surface area contributed by atoms with Crippen molar-refractivity contribution in [3.05, 3.63) is 23.4 Å². The Labute approximate surface area is 90.9 Å². The minimum absolute atomic E-state index is 0.238. The summed E-state index contributed by atoms with van der Waals surface area (Å²) in [6, 6.07) is 4.13. The quantitative estimate of drug-likeness (QED) is 0.702. The zero-order valence-electron chi connectivity index (χ0n) is 9.67. The van der Waals surface area contributed by atoms with Crippen LogP contribution < -0.4 is 5.73 Å². The van der Waals surface area contributed by atoms with Gasteiger partial charge in [-0.3, -0.25) is 0 Å². The highest BCUT2D eigenvalue weighted by Crippen LogP contribution is 2.67. The fourth-order valence-corrected chi connectivity index (χ4v) is 3.68. The van der Waals surface area contributed by atoms with Crippen LogP contribution in [0.25, 0.3) is 0 Å². The van der Waals surface area contributed by atoms with Crippen LogP contribution in [0.4, 0.5) is 5.82 Å². The lowest BCUT2D eigenvalue weighted by Gasteiger charge is -2.34. The van der Waals surface area contributed by atoms with Crippen molar-refractivity contribution in [1.29, 1.82) is 0 Å². The number of fused-ring (bicyclic) bond motifs is 5. The van der Waals surface area contributed by atoms with Crippen molar-refractivity contribution in [2.24, 2.45) is 5.41 Å². The first kappa shape index (κ1) is 9.20. The molecule has 2 bridgehead atoms. The first-order valence-corrected chi connectivity index (χ1v) is 5.74. The maximum absolute atomic E-state index is 5.80. The molecule has 2 N–H and O–H groups in total. The van der Waals surface area contributed by atoms with E-state index in [2.05, 4.69) is 31.8 Å². The lowest BCUT2D eigenvalue weighted by molar-refractivity contribution is 0.227. The molecule has 1 fully saturated rings. The Hall–Kier alpha value is -1.05. The molecule has 15 heavy (non-hydrogen) atoms. The van der Waals surface area contributed by atoms with Gasteiger partial charge in [-0.05, 0) is 35.8 Å². The summed E-state index contributed by atoms with van der Waals surface area (Å²) in [4.78, 5) is 4.58. The van der Waals surface area contributed by atoms with Crippen molar-refractivity contribution in [3.8, 4) is 0 Å². The maximum Gasteiger partial charge on any atom is 0.123 e. The second-order valence-electron chi connectivity index (χ2n) is 5.82. The van der Waals surface area contributed by atoms with E-state index in [1.165, 1.54) is 24.1 Å².